The molecule has 0 unspecified atom stereocenters. The molecule has 0 aliphatic rings. The lowest BCUT2D eigenvalue weighted by Gasteiger charge is -2.15. The van der Waals surface area contributed by atoms with Crippen molar-refractivity contribution in [2.45, 2.75) is 33.0 Å². The molecule has 8 heteroatoms. The van der Waals surface area contributed by atoms with Gasteiger partial charge in [0.05, 0.1) is 0 Å². The second-order valence-corrected chi connectivity index (χ2v) is 5.30. The third kappa shape index (κ3) is 4.30. The van der Waals surface area contributed by atoms with Crippen LogP contribution in [0.15, 0.2) is 24.3 Å². The number of anilines is 3. The van der Waals surface area contributed by atoms with Gasteiger partial charge in [-0.25, -0.2) is 9.37 Å². The Bertz CT molecular complexity index is 698. The van der Waals surface area contributed by atoms with E-state index in [-0.39, 0.29) is 23.4 Å². The second kappa shape index (κ2) is 6.39. The van der Waals surface area contributed by atoms with E-state index in [0.29, 0.717) is 5.69 Å². The molecule has 4 nitrogen and oxygen atoms in total. The Balaban J connectivity index is 2.42. The highest BCUT2D eigenvalue weighted by Crippen LogP contribution is 2.31. The maximum Gasteiger partial charge on any atom is 0.433 e. The van der Waals surface area contributed by atoms with Crippen molar-refractivity contribution in [1.29, 1.82) is 0 Å². The van der Waals surface area contributed by atoms with Crippen LogP contribution in [0.4, 0.5) is 35.0 Å². The molecule has 124 valence electrons. The van der Waals surface area contributed by atoms with E-state index in [1.54, 1.807) is 19.9 Å². The summed E-state index contributed by atoms with van der Waals surface area (Å²) in [5.74, 6) is -0.670. The zero-order valence-electron chi connectivity index (χ0n) is 12.8. The molecule has 0 fully saturated rings. The fourth-order valence-electron chi connectivity index (χ4n) is 1.86. The summed E-state index contributed by atoms with van der Waals surface area (Å²) in [7, 11) is 0. The topological polar surface area (TPSA) is 49.8 Å². The van der Waals surface area contributed by atoms with Crippen LogP contribution in [0, 0.1) is 12.7 Å². The lowest BCUT2D eigenvalue weighted by molar-refractivity contribution is -0.141. The molecule has 1 aromatic carbocycles. The van der Waals surface area contributed by atoms with Crippen molar-refractivity contribution in [3.05, 3.63) is 41.3 Å². The summed E-state index contributed by atoms with van der Waals surface area (Å²) in [6.07, 6.45) is -4.61. The Morgan fingerprint density at radius 1 is 1.13 bits per heavy atom. The maximum atomic E-state index is 13.5. The SMILES string of the molecule is Cc1c(F)cccc1Nc1cc(C(F)(F)F)nc(NC(C)C)n1. The van der Waals surface area contributed by atoms with Crippen molar-refractivity contribution < 1.29 is 17.6 Å². The van der Waals surface area contributed by atoms with E-state index in [2.05, 4.69) is 20.6 Å². The van der Waals surface area contributed by atoms with Gasteiger partial charge in [0, 0.05) is 23.4 Å². The minimum atomic E-state index is -4.61. The maximum absolute atomic E-state index is 13.5. The van der Waals surface area contributed by atoms with Gasteiger partial charge in [0.15, 0.2) is 5.69 Å². The van der Waals surface area contributed by atoms with E-state index < -0.39 is 17.7 Å². The Morgan fingerprint density at radius 3 is 2.43 bits per heavy atom. The van der Waals surface area contributed by atoms with Gasteiger partial charge in [-0.15, -0.1) is 0 Å². The highest BCUT2D eigenvalue weighted by Gasteiger charge is 2.33. The molecule has 2 aromatic rings. The Labute approximate surface area is 131 Å². The quantitative estimate of drug-likeness (QED) is 0.811. The highest BCUT2D eigenvalue weighted by molar-refractivity contribution is 5.61. The fraction of sp³-hybridized carbons (Fsp3) is 0.333. The van der Waals surface area contributed by atoms with Crippen LogP contribution in [0.1, 0.15) is 25.1 Å². The monoisotopic (exact) mass is 328 g/mol. The van der Waals surface area contributed by atoms with Crippen molar-refractivity contribution in [2.24, 2.45) is 0 Å². The van der Waals surface area contributed by atoms with Crippen molar-refractivity contribution >= 4 is 17.5 Å². The van der Waals surface area contributed by atoms with Crippen LogP contribution in [0.2, 0.25) is 0 Å². The first-order valence-corrected chi connectivity index (χ1v) is 6.92. The number of hydrogen-bond acceptors (Lipinski definition) is 4. The van der Waals surface area contributed by atoms with Gasteiger partial charge in [0.1, 0.15) is 11.6 Å². The molecular weight excluding hydrogens is 312 g/mol. The summed E-state index contributed by atoms with van der Waals surface area (Å²) in [6, 6.07) is 4.94. The third-order valence-corrected chi connectivity index (χ3v) is 2.96. The predicted molar refractivity (Wildman–Crippen MR) is 80.2 cm³/mol. The smallest absolute Gasteiger partial charge is 0.352 e. The van der Waals surface area contributed by atoms with Crippen LogP contribution >= 0.6 is 0 Å². The zero-order chi connectivity index (χ0) is 17.2. The molecule has 23 heavy (non-hydrogen) atoms. The van der Waals surface area contributed by atoms with Gasteiger partial charge in [0.2, 0.25) is 5.95 Å². The molecule has 0 saturated heterocycles. The Kier molecular flexibility index (Phi) is 4.72. The number of nitrogens with one attached hydrogen (secondary N) is 2. The minimum Gasteiger partial charge on any atom is -0.352 e. The van der Waals surface area contributed by atoms with Crippen LogP contribution in [-0.4, -0.2) is 16.0 Å². The Morgan fingerprint density at radius 2 is 1.83 bits per heavy atom. The summed E-state index contributed by atoms with van der Waals surface area (Å²) < 4.78 is 52.4. The van der Waals surface area contributed by atoms with Crippen LogP contribution in [-0.2, 0) is 6.18 Å². The molecule has 0 atom stereocenters. The van der Waals surface area contributed by atoms with Crippen molar-refractivity contribution in [3.63, 3.8) is 0 Å². The van der Waals surface area contributed by atoms with Gasteiger partial charge >= 0.3 is 6.18 Å². The average molecular weight is 328 g/mol. The summed E-state index contributed by atoms with van der Waals surface area (Å²) >= 11 is 0. The molecule has 2 rings (SSSR count). The molecule has 2 N–H and O–H groups in total. The summed E-state index contributed by atoms with van der Waals surface area (Å²) in [5, 5.41) is 5.44. The zero-order valence-corrected chi connectivity index (χ0v) is 12.8. The number of nitrogens with zero attached hydrogens (tertiary/aromatic N) is 2. The van der Waals surface area contributed by atoms with Crippen molar-refractivity contribution in [3.8, 4) is 0 Å². The van der Waals surface area contributed by atoms with Crippen LogP contribution < -0.4 is 10.6 Å². The lowest BCUT2D eigenvalue weighted by Crippen LogP contribution is -2.17. The van der Waals surface area contributed by atoms with Gasteiger partial charge < -0.3 is 10.6 Å². The van der Waals surface area contributed by atoms with Crippen LogP contribution in [0.25, 0.3) is 0 Å². The summed E-state index contributed by atoms with van der Waals surface area (Å²) in [6.45, 7) is 5.04. The molecule has 0 amide bonds. The van der Waals surface area contributed by atoms with E-state index in [4.69, 9.17) is 0 Å². The van der Waals surface area contributed by atoms with Crippen molar-refractivity contribution in [2.75, 3.05) is 10.6 Å². The van der Waals surface area contributed by atoms with Gasteiger partial charge in [-0.3, -0.25) is 0 Å². The standard InChI is InChI=1S/C15H16F4N4/c1-8(2)20-14-22-12(15(17,18)19)7-13(23-14)21-11-6-4-5-10(16)9(11)3/h4-8H,1-3H3,(H2,20,21,22,23). The van der Waals surface area contributed by atoms with Gasteiger partial charge in [0.25, 0.3) is 0 Å². The van der Waals surface area contributed by atoms with E-state index in [1.807, 2.05) is 0 Å². The largest absolute Gasteiger partial charge is 0.433 e. The Hall–Kier alpha value is -2.38. The first-order valence-electron chi connectivity index (χ1n) is 6.92. The van der Waals surface area contributed by atoms with E-state index in [9.17, 15) is 17.6 Å². The molecule has 0 aliphatic heterocycles. The first kappa shape index (κ1) is 17.0. The number of hydrogen-bond donors (Lipinski definition) is 2. The summed E-state index contributed by atoms with van der Waals surface area (Å²) in [4.78, 5) is 7.46. The van der Waals surface area contributed by atoms with Gasteiger partial charge in [-0.2, -0.15) is 18.2 Å². The number of benzene rings is 1. The second-order valence-electron chi connectivity index (χ2n) is 5.30. The molecular formula is C15H16F4N4. The molecule has 1 heterocycles. The van der Waals surface area contributed by atoms with Crippen LogP contribution in [0.3, 0.4) is 0 Å². The first-order chi connectivity index (χ1) is 10.7. The molecule has 0 aliphatic carbocycles. The molecule has 0 radical (unpaired) electrons. The van der Waals surface area contributed by atoms with E-state index in [1.165, 1.54) is 19.1 Å². The number of rotatable bonds is 4. The van der Waals surface area contributed by atoms with Gasteiger partial charge in [-0.05, 0) is 32.9 Å². The number of alkyl halides is 3. The lowest BCUT2D eigenvalue weighted by atomic mass is 10.2. The highest BCUT2D eigenvalue weighted by atomic mass is 19.4. The van der Waals surface area contributed by atoms with Gasteiger partial charge in [-0.1, -0.05) is 6.07 Å². The average Bonchev–Trinajstić information content (AvgIpc) is 2.42. The molecule has 0 bridgehead atoms. The normalized spacial score (nSPS) is 11.7. The minimum absolute atomic E-state index is 0.0656. The number of aromatic nitrogens is 2. The summed E-state index contributed by atoms with van der Waals surface area (Å²) in [5.41, 5.74) is -0.447. The third-order valence-electron chi connectivity index (χ3n) is 2.96. The van der Waals surface area contributed by atoms with Crippen LogP contribution in [0.5, 0.6) is 0 Å². The van der Waals surface area contributed by atoms with E-state index in [0.717, 1.165) is 6.07 Å². The predicted octanol–water partition coefficient (Wildman–Crippen LogP) is 4.51. The number of halogens is 4. The molecule has 1 aromatic heterocycles. The molecule has 0 saturated carbocycles. The fourth-order valence-corrected chi connectivity index (χ4v) is 1.86. The molecule has 0 spiro atoms. The van der Waals surface area contributed by atoms with E-state index >= 15 is 0 Å². The van der Waals surface area contributed by atoms with Crippen molar-refractivity contribution in [1.82, 2.24) is 9.97 Å².